The standard InChI is InChI=1S/C16H20FN3O2/c1-9-6-11(4-5-18-9)19-16(22)13-8-15(21)20-14-7-10(17)2-3-12(13)14/h2-3,7,9,11,13,18H,4-6,8H2,1H3,(H,19,22)(H,20,21). The second kappa shape index (κ2) is 6.04. The molecule has 3 rings (SSSR count). The number of rotatable bonds is 2. The molecule has 2 amide bonds. The molecule has 1 aromatic rings. The van der Waals surface area contributed by atoms with Crippen LogP contribution in [-0.2, 0) is 9.59 Å². The molecule has 3 atom stereocenters. The first-order valence-corrected chi connectivity index (χ1v) is 7.66. The normalized spacial score (nSPS) is 27.7. The predicted molar refractivity (Wildman–Crippen MR) is 81.0 cm³/mol. The van der Waals surface area contributed by atoms with Crippen molar-refractivity contribution in [1.29, 1.82) is 0 Å². The third-order valence-electron chi connectivity index (χ3n) is 4.34. The van der Waals surface area contributed by atoms with Crippen molar-refractivity contribution in [1.82, 2.24) is 10.6 Å². The molecule has 1 fully saturated rings. The van der Waals surface area contributed by atoms with Gasteiger partial charge in [0, 0.05) is 24.2 Å². The van der Waals surface area contributed by atoms with Crippen LogP contribution in [0.1, 0.15) is 37.7 Å². The highest BCUT2D eigenvalue weighted by atomic mass is 19.1. The zero-order valence-electron chi connectivity index (χ0n) is 12.5. The summed E-state index contributed by atoms with van der Waals surface area (Å²) in [6, 6.07) is 4.66. The molecular weight excluding hydrogens is 285 g/mol. The number of carbonyl (C=O) groups excluding carboxylic acids is 2. The topological polar surface area (TPSA) is 70.2 Å². The Labute approximate surface area is 128 Å². The molecule has 6 heteroatoms. The predicted octanol–water partition coefficient (Wildman–Crippen LogP) is 1.51. The van der Waals surface area contributed by atoms with Gasteiger partial charge >= 0.3 is 0 Å². The number of halogens is 1. The van der Waals surface area contributed by atoms with Crippen LogP contribution < -0.4 is 16.0 Å². The van der Waals surface area contributed by atoms with E-state index in [1.807, 2.05) is 0 Å². The maximum atomic E-state index is 13.3. The van der Waals surface area contributed by atoms with Crippen molar-refractivity contribution in [3.8, 4) is 0 Å². The summed E-state index contributed by atoms with van der Waals surface area (Å²) in [5.74, 6) is -1.37. The highest BCUT2D eigenvalue weighted by Gasteiger charge is 2.32. The van der Waals surface area contributed by atoms with E-state index in [0.29, 0.717) is 17.3 Å². The van der Waals surface area contributed by atoms with Crippen LogP contribution >= 0.6 is 0 Å². The van der Waals surface area contributed by atoms with Gasteiger partial charge in [-0.3, -0.25) is 9.59 Å². The van der Waals surface area contributed by atoms with Crippen molar-refractivity contribution in [2.24, 2.45) is 0 Å². The van der Waals surface area contributed by atoms with Gasteiger partial charge in [0.1, 0.15) is 5.82 Å². The fourth-order valence-electron chi connectivity index (χ4n) is 3.24. The summed E-state index contributed by atoms with van der Waals surface area (Å²) in [7, 11) is 0. The molecule has 5 nitrogen and oxygen atoms in total. The minimum Gasteiger partial charge on any atom is -0.353 e. The molecule has 0 bridgehead atoms. The van der Waals surface area contributed by atoms with Crippen LogP contribution in [0.15, 0.2) is 18.2 Å². The first kappa shape index (κ1) is 15.0. The zero-order chi connectivity index (χ0) is 15.7. The minimum atomic E-state index is -0.547. The molecule has 2 heterocycles. The molecule has 0 aliphatic carbocycles. The number of amides is 2. The third-order valence-corrected chi connectivity index (χ3v) is 4.34. The fraction of sp³-hybridized carbons (Fsp3) is 0.500. The number of anilines is 1. The van der Waals surface area contributed by atoms with Gasteiger partial charge in [0.25, 0.3) is 0 Å². The van der Waals surface area contributed by atoms with E-state index < -0.39 is 11.7 Å². The molecule has 2 aliphatic heterocycles. The van der Waals surface area contributed by atoms with Crippen molar-refractivity contribution in [2.75, 3.05) is 11.9 Å². The smallest absolute Gasteiger partial charge is 0.228 e. The second-order valence-electron chi connectivity index (χ2n) is 6.12. The van der Waals surface area contributed by atoms with E-state index in [9.17, 15) is 14.0 Å². The largest absolute Gasteiger partial charge is 0.353 e. The Morgan fingerprint density at radius 1 is 1.41 bits per heavy atom. The van der Waals surface area contributed by atoms with Gasteiger partial charge in [0.15, 0.2) is 0 Å². The Kier molecular flexibility index (Phi) is 4.11. The van der Waals surface area contributed by atoms with Gasteiger partial charge in [-0.25, -0.2) is 4.39 Å². The molecule has 0 radical (unpaired) electrons. The second-order valence-corrected chi connectivity index (χ2v) is 6.12. The monoisotopic (exact) mass is 305 g/mol. The van der Waals surface area contributed by atoms with Crippen molar-refractivity contribution in [3.05, 3.63) is 29.6 Å². The molecule has 3 N–H and O–H groups in total. The highest BCUT2D eigenvalue weighted by Crippen LogP contribution is 2.33. The summed E-state index contributed by atoms with van der Waals surface area (Å²) in [5, 5.41) is 9.01. The number of hydrogen-bond acceptors (Lipinski definition) is 3. The molecule has 118 valence electrons. The van der Waals surface area contributed by atoms with Crippen LogP contribution in [0.4, 0.5) is 10.1 Å². The van der Waals surface area contributed by atoms with Crippen LogP contribution in [0.2, 0.25) is 0 Å². The molecule has 0 spiro atoms. The van der Waals surface area contributed by atoms with E-state index in [2.05, 4.69) is 22.9 Å². The van der Waals surface area contributed by atoms with Crippen LogP contribution in [0.5, 0.6) is 0 Å². The van der Waals surface area contributed by atoms with Crippen LogP contribution in [-0.4, -0.2) is 30.4 Å². The summed E-state index contributed by atoms with van der Waals surface area (Å²) < 4.78 is 13.3. The highest BCUT2D eigenvalue weighted by molar-refractivity contribution is 6.01. The number of hydrogen-bond donors (Lipinski definition) is 3. The van der Waals surface area contributed by atoms with Gasteiger partial charge < -0.3 is 16.0 Å². The Hall–Kier alpha value is -1.95. The average Bonchev–Trinajstić information content (AvgIpc) is 2.45. The molecule has 3 unspecified atom stereocenters. The van der Waals surface area contributed by atoms with Crippen LogP contribution in [0, 0.1) is 5.82 Å². The molecule has 0 saturated carbocycles. The molecule has 1 aromatic carbocycles. The third kappa shape index (κ3) is 3.11. The molecule has 2 aliphatic rings. The van der Waals surface area contributed by atoms with Gasteiger partial charge in [-0.2, -0.15) is 0 Å². The number of carbonyl (C=O) groups is 2. The first-order chi connectivity index (χ1) is 10.5. The molecule has 22 heavy (non-hydrogen) atoms. The maximum Gasteiger partial charge on any atom is 0.228 e. The van der Waals surface area contributed by atoms with Crippen molar-refractivity contribution in [2.45, 2.75) is 44.2 Å². The first-order valence-electron chi connectivity index (χ1n) is 7.66. The number of fused-ring (bicyclic) bond motifs is 1. The lowest BCUT2D eigenvalue weighted by Gasteiger charge is -2.31. The molecule has 0 aromatic heterocycles. The lowest BCUT2D eigenvalue weighted by Crippen LogP contribution is -2.48. The number of nitrogens with one attached hydrogen (secondary N) is 3. The maximum absolute atomic E-state index is 13.3. The van der Waals surface area contributed by atoms with Crippen molar-refractivity contribution >= 4 is 17.5 Å². The van der Waals surface area contributed by atoms with E-state index in [0.717, 1.165) is 19.4 Å². The average molecular weight is 305 g/mol. The fourth-order valence-corrected chi connectivity index (χ4v) is 3.24. The Bertz CT molecular complexity index is 605. The number of benzene rings is 1. The number of piperidine rings is 1. The summed E-state index contributed by atoms with van der Waals surface area (Å²) in [6.45, 7) is 2.96. The van der Waals surface area contributed by atoms with Gasteiger partial charge in [-0.15, -0.1) is 0 Å². The van der Waals surface area contributed by atoms with Crippen molar-refractivity contribution in [3.63, 3.8) is 0 Å². The van der Waals surface area contributed by atoms with Crippen LogP contribution in [0.3, 0.4) is 0 Å². The summed E-state index contributed by atoms with van der Waals surface area (Å²) in [5.41, 5.74) is 1.08. The van der Waals surface area contributed by atoms with E-state index >= 15 is 0 Å². The summed E-state index contributed by atoms with van der Waals surface area (Å²) in [6.07, 6.45) is 1.86. The van der Waals surface area contributed by atoms with E-state index in [4.69, 9.17) is 0 Å². The van der Waals surface area contributed by atoms with Gasteiger partial charge in [-0.1, -0.05) is 6.07 Å². The summed E-state index contributed by atoms with van der Waals surface area (Å²) >= 11 is 0. The SMILES string of the molecule is CC1CC(NC(=O)C2CC(=O)Nc3cc(F)ccc32)CCN1. The summed E-state index contributed by atoms with van der Waals surface area (Å²) in [4.78, 5) is 24.3. The Morgan fingerprint density at radius 3 is 3.00 bits per heavy atom. The lowest BCUT2D eigenvalue weighted by atomic mass is 9.89. The van der Waals surface area contributed by atoms with Crippen molar-refractivity contribution < 1.29 is 14.0 Å². The Morgan fingerprint density at radius 2 is 2.23 bits per heavy atom. The van der Waals surface area contributed by atoms with Crippen LogP contribution in [0.25, 0.3) is 0 Å². The van der Waals surface area contributed by atoms with Gasteiger partial charge in [-0.05, 0) is 44.0 Å². The van der Waals surface area contributed by atoms with E-state index in [1.54, 1.807) is 6.07 Å². The van der Waals surface area contributed by atoms with E-state index in [-0.39, 0.29) is 24.3 Å². The van der Waals surface area contributed by atoms with Gasteiger partial charge in [0.2, 0.25) is 11.8 Å². The zero-order valence-corrected chi connectivity index (χ0v) is 12.5. The van der Waals surface area contributed by atoms with E-state index in [1.165, 1.54) is 12.1 Å². The lowest BCUT2D eigenvalue weighted by molar-refractivity contribution is -0.127. The minimum absolute atomic E-state index is 0.102. The quantitative estimate of drug-likeness (QED) is 0.775. The van der Waals surface area contributed by atoms with Gasteiger partial charge in [0.05, 0.1) is 5.92 Å². The molecular formula is C16H20FN3O2. The Balaban J connectivity index is 1.76. The molecule has 1 saturated heterocycles.